The van der Waals surface area contributed by atoms with Crippen LogP contribution in [0.1, 0.15) is 90.9 Å². The summed E-state index contributed by atoms with van der Waals surface area (Å²) >= 11 is 0. The Hall–Kier alpha value is -1.10. The molecule has 0 aliphatic rings. The number of hydrogen-bond donors (Lipinski definition) is 3. The van der Waals surface area contributed by atoms with Crippen molar-refractivity contribution in [3.05, 3.63) is 0 Å². The maximum Gasteiger partial charge on any atom is 0.300 e. The molecule has 0 spiro atoms. The summed E-state index contributed by atoms with van der Waals surface area (Å²) in [5, 5.41) is 10.4. The molecule has 0 radical (unpaired) electrons. The number of carboxylic acid groups (broad SMARTS) is 1. The van der Waals surface area contributed by atoms with Crippen molar-refractivity contribution in [1.29, 1.82) is 0 Å². The molecule has 4 N–H and O–H groups in total. The molecule has 0 heterocycles. The van der Waals surface area contributed by atoms with Gasteiger partial charge in [0.1, 0.15) is 0 Å². The van der Waals surface area contributed by atoms with Gasteiger partial charge in [0.05, 0.1) is 0 Å². The topological polar surface area (TPSA) is 92.4 Å². The third kappa shape index (κ3) is 29.5. The number of carboxylic acids is 1. The number of unbranched alkanes of at least 4 members (excludes halogenated alkanes) is 9. The van der Waals surface area contributed by atoms with E-state index in [-0.39, 0.29) is 5.91 Å². The van der Waals surface area contributed by atoms with E-state index in [0.717, 1.165) is 32.7 Å². The molecule has 5 nitrogen and oxygen atoms in total. The Morgan fingerprint density at radius 1 is 0.870 bits per heavy atom. The average molecular weight is 331 g/mol. The van der Waals surface area contributed by atoms with Crippen molar-refractivity contribution >= 4 is 11.9 Å². The zero-order valence-electron chi connectivity index (χ0n) is 15.2. The highest BCUT2D eigenvalue weighted by Crippen LogP contribution is 2.10. The summed E-state index contributed by atoms with van der Waals surface area (Å²) in [6.45, 7) is 4.84. The summed E-state index contributed by atoms with van der Waals surface area (Å²) in [6.07, 6.45) is 14.4. The Kier molecular flexibility index (Phi) is 22.0. The van der Waals surface area contributed by atoms with Gasteiger partial charge in [-0.3, -0.25) is 9.59 Å². The first-order valence-electron chi connectivity index (χ1n) is 9.20. The summed E-state index contributed by atoms with van der Waals surface area (Å²) in [7, 11) is 0. The van der Waals surface area contributed by atoms with Gasteiger partial charge in [-0.05, 0) is 25.8 Å². The first-order valence-corrected chi connectivity index (χ1v) is 9.20. The van der Waals surface area contributed by atoms with Gasteiger partial charge in [-0.2, -0.15) is 0 Å². The van der Waals surface area contributed by atoms with Crippen LogP contribution in [0.15, 0.2) is 0 Å². The highest BCUT2D eigenvalue weighted by Gasteiger charge is 2.00. The van der Waals surface area contributed by atoms with Crippen molar-refractivity contribution in [3.8, 4) is 0 Å². The van der Waals surface area contributed by atoms with Gasteiger partial charge >= 0.3 is 0 Å². The first kappa shape index (κ1) is 24.2. The van der Waals surface area contributed by atoms with Gasteiger partial charge in [0, 0.05) is 19.9 Å². The van der Waals surface area contributed by atoms with Crippen molar-refractivity contribution in [1.82, 2.24) is 5.32 Å². The summed E-state index contributed by atoms with van der Waals surface area (Å²) in [5.41, 5.74) is 5.40. The molecule has 0 unspecified atom stereocenters. The second-order valence-electron chi connectivity index (χ2n) is 5.94. The quantitative estimate of drug-likeness (QED) is 0.422. The molecular weight excluding hydrogens is 292 g/mol. The minimum atomic E-state index is -0.833. The molecule has 0 atom stereocenters. The number of hydrogen-bond acceptors (Lipinski definition) is 3. The normalized spacial score (nSPS) is 9.87. The lowest BCUT2D eigenvalue weighted by Gasteiger charge is -2.05. The minimum Gasteiger partial charge on any atom is -0.481 e. The van der Waals surface area contributed by atoms with Gasteiger partial charge in [0.2, 0.25) is 5.91 Å². The van der Waals surface area contributed by atoms with Crippen LogP contribution in [0.5, 0.6) is 0 Å². The van der Waals surface area contributed by atoms with Gasteiger partial charge in [-0.25, -0.2) is 0 Å². The van der Waals surface area contributed by atoms with E-state index in [1.807, 2.05) is 0 Å². The fourth-order valence-corrected chi connectivity index (χ4v) is 2.18. The number of nitrogens with two attached hydrogens (primary N) is 1. The smallest absolute Gasteiger partial charge is 0.300 e. The lowest BCUT2D eigenvalue weighted by atomic mass is 10.1. The molecule has 0 rings (SSSR count). The second kappa shape index (κ2) is 20.9. The van der Waals surface area contributed by atoms with E-state index in [9.17, 15) is 4.79 Å². The second-order valence-corrected chi connectivity index (χ2v) is 5.94. The SMILES string of the molecule is CC(=O)O.CCCCCCCCCCCC(=O)NCCCCN. The van der Waals surface area contributed by atoms with Gasteiger partial charge < -0.3 is 16.2 Å². The van der Waals surface area contributed by atoms with Gasteiger partial charge in [0.25, 0.3) is 5.97 Å². The summed E-state index contributed by atoms with van der Waals surface area (Å²) < 4.78 is 0. The van der Waals surface area contributed by atoms with Crippen LogP contribution in [-0.2, 0) is 9.59 Å². The monoisotopic (exact) mass is 330 g/mol. The fraction of sp³-hybridized carbons (Fsp3) is 0.889. The molecule has 0 aromatic rings. The lowest BCUT2D eigenvalue weighted by molar-refractivity contribution is -0.134. The molecule has 138 valence electrons. The molecule has 0 saturated heterocycles. The summed E-state index contributed by atoms with van der Waals surface area (Å²) in [4.78, 5) is 20.5. The van der Waals surface area contributed by atoms with E-state index in [1.54, 1.807) is 0 Å². The molecule has 1 amide bonds. The Labute approximate surface area is 142 Å². The molecule has 0 bridgehead atoms. The van der Waals surface area contributed by atoms with Crippen LogP contribution in [0.4, 0.5) is 0 Å². The van der Waals surface area contributed by atoms with Gasteiger partial charge in [-0.1, -0.05) is 58.3 Å². The maximum atomic E-state index is 11.5. The number of carbonyl (C=O) groups excluding carboxylic acids is 1. The average Bonchev–Trinajstić information content (AvgIpc) is 2.49. The third-order valence-electron chi connectivity index (χ3n) is 3.46. The lowest BCUT2D eigenvalue weighted by Crippen LogP contribution is -2.24. The molecule has 0 aromatic carbocycles. The third-order valence-corrected chi connectivity index (χ3v) is 3.46. The number of amides is 1. The zero-order valence-corrected chi connectivity index (χ0v) is 15.2. The highest BCUT2D eigenvalue weighted by atomic mass is 16.4. The number of nitrogens with one attached hydrogen (secondary N) is 1. The summed E-state index contributed by atoms with van der Waals surface area (Å²) in [5.74, 6) is -0.625. The minimum absolute atomic E-state index is 0.208. The van der Waals surface area contributed by atoms with Gasteiger partial charge in [0.15, 0.2) is 0 Å². The number of rotatable bonds is 14. The standard InChI is InChI=1S/C16H34N2O.C2H4O2/c1-2-3-4-5-6-7-8-9-10-13-16(19)18-15-12-11-14-17;1-2(3)4/h2-15,17H2,1H3,(H,18,19);1H3,(H,3,4). The molecule has 23 heavy (non-hydrogen) atoms. The van der Waals surface area contributed by atoms with E-state index >= 15 is 0 Å². The van der Waals surface area contributed by atoms with Crippen molar-refractivity contribution in [3.63, 3.8) is 0 Å². The Morgan fingerprint density at radius 3 is 1.83 bits per heavy atom. The molecule has 0 fully saturated rings. The van der Waals surface area contributed by atoms with Crippen LogP contribution in [0, 0.1) is 0 Å². The van der Waals surface area contributed by atoms with Crippen molar-refractivity contribution < 1.29 is 14.7 Å². The van der Waals surface area contributed by atoms with Crippen LogP contribution < -0.4 is 11.1 Å². The zero-order chi connectivity index (χ0) is 17.8. The molecule has 0 saturated carbocycles. The van der Waals surface area contributed by atoms with E-state index < -0.39 is 5.97 Å². The van der Waals surface area contributed by atoms with Gasteiger partial charge in [-0.15, -0.1) is 0 Å². The van der Waals surface area contributed by atoms with Crippen LogP contribution in [0.2, 0.25) is 0 Å². The molecule has 5 heteroatoms. The van der Waals surface area contributed by atoms with Crippen LogP contribution >= 0.6 is 0 Å². The van der Waals surface area contributed by atoms with Crippen LogP contribution in [0.3, 0.4) is 0 Å². The fourth-order valence-electron chi connectivity index (χ4n) is 2.18. The van der Waals surface area contributed by atoms with E-state index in [0.29, 0.717) is 13.0 Å². The number of carbonyl (C=O) groups is 2. The largest absolute Gasteiger partial charge is 0.481 e. The van der Waals surface area contributed by atoms with E-state index in [2.05, 4.69) is 12.2 Å². The predicted molar refractivity (Wildman–Crippen MR) is 96.5 cm³/mol. The van der Waals surface area contributed by atoms with E-state index in [1.165, 1.54) is 51.4 Å². The molecular formula is C18H38N2O3. The van der Waals surface area contributed by atoms with Crippen molar-refractivity contribution in [2.75, 3.05) is 13.1 Å². The highest BCUT2D eigenvalue weighted by molar-refractivity contribution is 5.75. The van der Waals surface area contributed by atoms with Crippen LogP contribution in [0.25, 0.3) is 0 Å². The molecule has 0 aliphatic carbocycles. The Morgan fingerprint density at radius 2 is 1.35 bits per heavy atom. The Balaban J connectivity index is 0. The first-order chi connectivity index (χ1) is 11.0. The maximum absolute atomic E-state index is 11.5. The Bertz CT molecular complexity index is 267. The van der Waals surface area contributed by atoms with Crippen LogP contribution in [-0.4, -0.2) is 30.1 Å². The molecule has 0 aromatic heterocycles. The van der Waals surface area contributed by atoms with E-state index in [4.69, 9.17) is 15.6 Å². The van der Waals surface area contributed by atoms with Crippen molar-refractivity contribution in [2.45, 2.75) is 90.9 Å². The molecule has 0 aliphatic heterocycles. The predicted octanol–water partition coefficient (Wildman–Crippen LogP) is 3.85. The van der Waals surface area contributed by atoms with Crippen molar-refractivity contribution in [2.24, 2.45) is 5.73 Å². The summed E-state index contributed by atoms with van der Waals surface area (Å²) in [6, 6.07) is 0. The number of aliphatic carboxylic acids is 1.